The number of aromatic nitrogens is 3. The molecule has 2 heterocycles. The summed E-state index contributed by atoms with van der Waals surface area (Å²) in [6.07, 6.45) is -0.238. The Morgan fingerprint density at radius 2 is 1.86 bits per heavy atom. The minimum atomic E-state index is -0.788. The van der Waals surface area contributed by atoms with E-state index >= 15 is 0 Å². The number of nitrogens with one attached hydrogen (secondary N) is 1. The molecule has 0 bridgehead atoms. The average molecular weight is 286 g/mol. The van der Waals surface area contributed by atoms with E-state index in [4.69, 9.17) is 4.84 Å². The number of aromatic amines is 1. The summed E-state index contributed by atoms with van der Waals surface area (Å²) in [4.78, 5) is 44.5. The summed E-state index contributed by atoms with van der Waals surface area (Å²) in [5, 5.41) is 6.83. The van der Waals surface area contributed by atoms with Crippen LogP contribution in [0.15, 0.2) is 24.3 Å². The highest BCUT2D eigenvalue weighted by Crippen LogP contribution is 2.22. The van der Waals surface area contributed by atoms with Gasteiger partial charge in [0, 0.05) is 0 Å². The Kier molecular flexibility index (Phi) is 2.98. The summed E-state index contributed by atoms with van der Waals surface area (Å²) in [6, 6.07) is 6.27. The number of benzene rings is 1. The van der Waals surface area contributed by atoms with Gasteiger partial charge in [-0.1, -0.05) is 17.2 Å². The van der Waals surface area contributed by atoms with Crippen LogP contribution in [-0.2, 0) is 16.1 Å². The first-order valence-corrected chi connectivity index (χ1v) is 6.13. The number of carbonyl (C=O) groups excluding carboxylic acids is 3. The van der Waals surface area contributed by atoms with E-state index in [0.717, 1.165) is 0 Å². The molecule has 106 valence electrons. The number of hydrogen-bond acceptors (Lipinski definition) is 6. The molecule has 0 radical (unpaired) electrons. The summed E-state index contributed by atoms with van der Waals surface area (Å²) >= 11 is 0. The van der Waals surface area contributed by atoms with Gasteiger partial charge in [-0.2, -0.15) is 5.10 Å². The van der Waals surface area contributed by atoms with Crippen LogP contribution in [0, 0.1) is 6.92 Å². The van der Waals surface area contributed by atoms with Crippen LogP contribution in [0.2, 0.25) is 0 Å². The minimum Gasteiger partial charge on any atom is -0.329 e. The van der Waals surface area contributed by atoms with Crippen LogP contribution in [0.1, 0.15) is 32.4 Å². The Balaban J connectivity index is 1.73. The molecule has 0 atom stereocenters. The zero-order chi connectivity index (χ0) is 15.0. The van der Waals surface area contributed by atoms with Gasteiger partial charge in [0.25, 0.3) is 11.8 Å². The van der Waals surface area contributed by atoms with E-state index in [0.29, 0.717) is 10.9 Å². The van der Waals surface area contributed by atoms with Crippen molar-refractivity contribution in [2.75, 3.05) is 0 Å². The zero-order valence-corrected chi connectivity index (χ0v) is 11.0. The highest BCUT2D eigenvalue weighted by Gasteiger charge is 2.38. The van der Waals surface area contributed by atoms with E-state index in [9.17, 15) is 14.4 Å². The Labute approximate surface area is 118 Å². The van der Waals surface area contributed by atoms with Crippen molar-refractivity contribution in [3.8, 4) is 0 Å². The molecule has 1 aromatic carbocycles. The molecule has 0 saturated carbocycles. The number of rotatable bonds is 3. The predicted octanol–water partition coefficient (Wildman–Crippen LogP) is 0.410. The number of hydroxylamine groups is 2. The van der Waals surface area contributed by atoms with Gasteiger partial charge < -0.3 is 4.84 Å². The molecule has 21 heavy (non-hydrogen) atoms. The predicted molar refractivity (Wildman–Crippen MR) is 67.9 cm³/mol. The fourth-order valence-electron chi connectivity index (χ4n) is 1.98. The van der Waals surface area contributed by atoms with Crippen molar-refractivity contribution in [2.45, 2.75) is 13.3 Å². The van der Waals surface area contributed by atoms with Crippen LogP contribution in [-0.4, -0.2) is 38.0 Å². The smallest absolute Gasteiger partial charge is 0.329 e. The van der Waals surface area contributed by atoms with Gasteiger partial charge in [0.2, 0.25) is 0 Å². The van der Waals surface area contributed by atoms with Gasteiger partial charge in [-0.3, -0.25) is 14.7 Å². The Hall–Kier alpha value is -3.03. The van der Waals surface area contributed by atoms with Crippen LogP contribution < -0.4 is 0 Å². The van der Waals surface area contributed by atoms with Crippen LogP contribution in [0.3, 0.4) is 0 Å². The SMILES string of the molecule is Cc1nc(CC(=O)ON2C(=O)c3ccccc3C2=O)n[nH]1. The molecule has 0 aliphatic carbocycles. The molecule has 8 nitrogen and oxygen atoms in total. The molecule has 1 N–H and O–H groups in total. The van der Waals surface area contributed by atoms with E-state index in [1.54, 1.807) is 19.1 Å². The first kappa shape index (κ1) is 13.0. The molecular weight excluding hydrogens is 276 g/mol. The number of aryl methyl sites for hydroxylation is 1. The lowest BCUT2D eigenvalue weighted by Crippen LogP contribution is -2.33. The third kappa shape index (κ3) is 2.27. The molecule has 2 amide bonds. The Bertz CT molecular complexity index is 717. The lowest BCUT2D eigenvalue weighted by atomic mass is 10.1. The molecule has 1 aliphatic rings. The maximum absolute atomic E-state index is 12.0. The van der Waals surface area contributed by atoms with Gasteiger partial charge in [0.05, 0.1) is 11.1 Å². The summed E-state index contributed by atoms with van der Waals surface area (Å²) in [6.45, 7) is 1.69. The number of fused-ring (bicyclic) bond motifs is 1. The quantitative estimate of drug-likeness (QED) is 0.819. The molecule has 8 heteroatoms. The summed E-state index contributed by atoms with van der Waals surface area (Å²) in [5.41, 5.74) is 0.424. The molecule has 1 aromatic heterocycles. The van der Waals surface area contributed by atoms with Gasteiger partial charge in [-0.05, 0) is 19.1 Å². The number of imide groups is 1. The number of hydrogen-bond donors (Lipinski definition) is 1. The van der Waals surface area contributed by atoms with Crippen molar-refractivity contribution in [2.24, 2.45) is 0 Å². The maximum atomic E-state index is 12.0. The van der Waals surface area contributed by atoms with E-state index < -0.39 is 17.8 Å². The normalized spacial score (nSPS) is 13.5. The van der Waals surface area contributed by atoms with E-state index in [1.807, 2.05) is 0 Å². The topological polar surface area (TPSA) is 105 Å². The number of carbonyl (C=O) groups is 3. The first-order chi connectivity index (χ1) is 10.1. The lowest BCUT2D eigenvalue weighted by Gasteiger charge is -2.11. The van der Waals surface area contributed by atoms with Crippen molar-refractivity contribution >= 4 is 17.8 Å². The monoisotopic (exact) mass is 286 g/mol. The van der Waals surface area contributed by atoms with Gasteiger partial charge in [0.15, 0.2) is 5.82 Å². The molecule has 1 aliphatic heterocycles. The second kappa shape index (κ2) is 4.82. The Morgan fingerprint density at radius 3 is 2.38 bits per heavy atom. The summed E-state index contributed by atoms with van der Waals surface area (Å²) in [5.74, 6) is -1.32. The number of H-pyrrole nitrogens is 1. The molecule has 0 saturated heterocycles. The van der Waals surface area contributed by atoms with Crippen LogP contribution in [0.25, 0.3) is 0 Å². The van der Waals surface area contributed by atoms with Crippen LogP contribution >= 0.6 is 0 Å². The zero-order valence-electron chi connectivity index (χ0n) is 11.0. The fraction of sp³-hybridized carbons (Fsp3) is 0.154. The van der Waals surface area contributed by atoms with Crippen molar-refractivity contribution in [1.29, 1.82) is 0 Å². The average Bonchev–Trinajstić information content (AvgIpc) is 2.97. The lowest BCUT2D eigenvalue weighted by molar-refractivity contribution is -0.167. The third-order valence-corrected chi connectivity index (χ3v) is 2.90. The van der Waals surface area contributed by atoms with Crippen LogP contribution in [0.4, 0.5) is 0 Å². The standard InChI is InChI=1S/C13H10N4O4/c1-7-14-10(16-15-7)6-11(18)21-17-12(19)8-4-2-3-5-9(8)13(17)20/h2-5H,6H2,1H3,(H,14,15,16). The van der Waals surface area contributed by atoms with E-state index in [2.05, 4.69) is 15.2 Å². The first-order valence-electron chi connectivity index (χ1n) is 6.13. The Morgan fingerprint density at radius 1 is 1.24 bits per heavy atom. The van der Waals surface area contributed by atoms with Gasteiger partial charge in [0.1, 0.15) is 12.2 Å². The van der Waals surface area contributed by atoms with Crippen molar-refractivity contribution in [1.82, 2.24) is 20.2 Å². The van der Waals surface area contributed by atoms with E-state index in [1.165, 1.54) is 12.1 Å². The largest absolute Gasteiger partial charge is 0.340 e. The highest BCUT2D eigenvalue weighted by atomic mass is 16.7. The molecule has 0 spiro atoms. The van der Waals surface area contributed by atoms with Crippen molar-refractivity contribution in [3.05, 3.63) is 47.0 Å². The minimum absolute atomic E-state index is 0.212. The van der Waals surface area contributed by atoms with Gasteiger partial charge >= 0.3 is 5.97 Å². The second-order valence-electron chi connectivity index (χ2n) is 4.43. The molecule has 0 unspecified atom stereocenters. The van der Waals surface area contributed by atoms with Gasteiger partial charge in [-0.25, -0.2) is 9.78 Å². The van der Waals surface area contributed by atoms with Crippen molar-refractivity contribution in [3.63, 3.8) is 0 Å². The van der Waals surface area contributed by atoms with Crippen LogP contribution in [0.5, 0.6) is 0 Å². The molecular formula is C13H10N4O4. The summed E-state index contributed by atoms with van der Waals surface area (Å²) in [7, 11) is 0. The number of nitrogens with zero attached hydrogens (tertiary/aromatic N) is 3. The van der Waals surface area contributed by atoms with Crippen molar-refractivity contribution < 1.29 is 19.2 Å². The maximum Gasteiger partial charge on any atom is 0.340 e. The highest BCUT2D eigenvalue weighted by molar-refractivity contribution is 6.20. The molecule has 0 fully saturated rings. The number of amides is 2. The van der Waals surface area contributed by atoms with Gasteiger partial charge in [-0.15, -0.1) is 0 Å². The summed E-state index contributed by atoms with van der Waals surface area (Å²) < 4.78 is 0. The molecule has 3 rings (SSSR count). The third-order valence-electron chi connectivity index (χ3n) is 2.90. The molecule has 2 aromatic rings. The fourth-order valence-corrected chi connectivity index (χ4v) is 1.98. The van der Waals surface area contributed by atoms with E-state index in [-0.39, 0.29) is 23.4 Å². The second-order valence-corrected chi connectivity index (χ2v) is 4.43.